The van der Waals surface area contributed by atoms with Gasteiger partial charge in [-0.25, -0.2) is 0 Å². The van der Waals surface area contributed by atoms with Crippen molar-refractivity contribution in [3.8, 4) is 5.75 Å². The minimum atomic E-state index is 0.487. The molecule has 5 heteroatoms. The number of unbranched alkanes of at least 4 members (excludes halogenated alkanes) is 2. The number of nitrogens with one attached hydrogen (secondary N) is 2. The molecular weight excluding hydrogens is 330 g/mol. The Labute approximate surface area is 155 Å². The quantitative estimate of drug-likeness (QED) is 0.305. The fourth-order valence-corrected chi connectivity index (χ4v) is 2.36. The van der Waals surface area contributed by atoms with Crippen LogP contribution in [0.4, 0.5) is 0 Å². The summed E-state index contributed by atoms with van der Waals surface area (Å²) in [6.07, 6.45) is 5.16. The van der Waals surface area contributed by atoms with Crippen molar-refractivity contribution in [2.24, 2.45) is 5.10 Å². The molecule has 2 aromatic rings. The summed E-state index contributed by atoms with van der Waals surface area (Å²) in [7, 11) is 0. The third-order valence-corrected chi connectivity index (χ3v) is 3.83. The second kappa shape index (κ2) is 11.2. The van der Waals surface area contributed by atoms with E-state index in [9.17, 15) is 0 Å². The van der Waals surface area contributed by atoms with Crippen molar-refractivity contribution in [1.29, 1.82) is 0 Å². The highest BCUT2D eigenvalue weighted by atomic mass is 32.1. The Hall–Kier alpha value is -2.40. The lowest BCUT2D eigenvalue weighted by atomic mass is 10.2. The molecule has 25 heavy (non-hydrogen) atoms. The molecule has 0 aliphatic carbocycles. The average molecular weight is 356 g/mol. The molecule has 0 amide bonds. The minimum absolute atomic E-state index is 0.487. The van der Waals surface area contributed by atoms with E-state index in [0.29, 0.717) is 11.7 Å². The second-order valence-corrected chi connectivity index (χ2v) is 6.04. The van der Waals surface area contributed by atoms with Crippen molar-refractivity contribution in [3.63, 3.8) is 0 Å². The zero-order chi connectivity index (χ0) is 17.7. The van der Waals surface area contributed by atoms with Gasteiger partial charge in [0.25, 0.3) is 0 Å². The predicted octanol–water partition coefficient (Wildman–Crippen LogP) is 4.25. The van der Waals surface area contributed by atoms with Gasteiger partial charge in [-0.2, -0.15) is 5.10 Å². The lowest BCUT2D eigenvalue weighted by Crippen LogP contribution is -2.31. The van der Waals surface area contributed by atoms with Crippen LogP contribution in [0.5, 0.6) is 5.75 Å². The van der Waals surface area contributed by atoms with E-state index >= 15 is 0 Å². The molecular formula is C20H25N3OS. The van der Waals surface area contributed by atoms with Crippen molar-refractivity contribution >= 4 is 23.5 Å². The highest BCUT2D eigenvalue weighted by molar-refractivity contribution is 7.80. The van der Waals surface area contributed by atoms with Crippen LogP contribution in [0.3, 0.4) is 0 Å². The van der Waals surface area contributed by atoms with E-state index in [1.807, 2.05) is 54.6 Å². The molecule has 4 nitrogen and oxygen atoms in total. The number of thiocarbonyl (C=S) groups is 1. The molecule has 0 fully saturated rings. The van der Waals surface area contributed by atoms with E-state index in [0.717, 1.165) is 24.3 Å². The summed E-state index contributed by atoms with van der Waals surface area (Å²) in [4.78, 5) is 0. The third-order valence-electron chi connectivity index (χ3n) is 3.59. The molecule has 0 saturated carbocycles. The molecule has 0 spiro atoms. The monoisotopic (exact) mass is 355 g/mol. The second-order valence-electron chi connectivity index (χ2n) is 5.63. The van der Waals surface area contributed by atoms with Crippen LogP contribution < -0.4 is 15.5 Å². The zero-order valence-corrected chi connectivity index (χ0v) is 15.4. The SMILES string of the molecule is CCCCCOc1ccccc1/C=N/NC(=S)NCc1ccccc1. The Morgan fingerprint density at radius 2 is 1.84 bits per heavy atom. The van der Waals surface area contributed by atoms with Gasteiger partial charge in [0, 0.05) is 12.1 Å². The highest BCUT2D eigenvalue weighted by Gasteiger charge is 2.00. The van der Waals surface area contributed by atoms with Crippen molar-refractivity contribution in [1.82, 2.24) is 10.7 Å². The molecule has 0 aliphatic rings. The van der Waals surface area contributed by atoms with Crippen LogP contribution in [0.2, 0.25) is 0 Å². The molecule has 0 radical (unpaired) electrons. The van der Waals surface area contributed by atoms with Gasteiger partial charge in [0.2, 0.25) is 0 Å². The summed E-state index contributed by atoms with van der Waals surface area (Å²) >= 11 is 5.23. The van der Waals surface area contributed by atoms with Crippen molar-refractivity contribution in [3.05, 3.63) is 65.7 Å². The summed E-state index contributed by atoms with van der Waals surface area (Å²) in [5, 5.41) is 7.81. The van der Waals surface area contributed by atoms with E-state index in [1.165, 1.54) is 18.4 Å². The molecule has 0 unspecified atom stereocenters. The van der Waals surface area contributed by atoms with Gasteiger partial charge in [0.05, 0.1) is 12.8 Å². The topological polar surface area (TPSA) is 45.6 Å². The van der Waals surface area contributed by atoms with Gasteiger partial charge in [-0.15, -0.1) is 0 Å². The lowest BCUT2D eigenvalue weighted by Gasteiger charge is -2.09. The van der Waals surface area contributed by atoms with Crippen molar-refractivity contribution in [2.45, 2.75) is 32.7 Å². The van der Waals surface area contributed by atoms with Crippen molar-refractivity contribution < 1.29 is 4.74 Å². The number of hydrogen-bond acceptors (Lipinski definition) is 3. The molecule has 2 rings (SSSR count). The molecule has 0 atom stereocenters. The average Bonchev–Trinajstić information content (AvgIpc) is 2.65. The van der Waals surface area contributed by atoms with E-state index in [4.69, 9.17) is 17.0 Å². The summed E-state index contributed by atoms with van der Waals surface area (Å²) in [5.41, 5.74) is 4.94. The number of hydrazone groups is 1. The maximum atomic E-state index is 5.83. The normalized spacial score (nSPS) is 10.6. The largest absolute Gasteiger partial charge is 0.493 e. The maximum Gasteiger partial charge on any atom is 0.187 e. The summed E-state index contributed by atoms with van der Waals surface area (Å²) in [6.45, 7) is 3.57. The van der Waals surface area contributed by atoms with Gasteiger partial charge >= 0.3 is 0 Å². The Morgan fingerprint density at radius 3 is 2.64 bits per heavy atom. The van der Waals surface area contributed by atoms with Crippen molar-refractivity contribution in [2.75, 3.05) is 6.61 Å². The fourth-order valence-electron chi connectivity index (χ4n) is 2.23. The molecule has 0 aliphatic heterocycles. The van der Waals surface area contributed by atoms with Gasteiger partial charge < -0.3 is 10.1 Å². The van der Waals surface area contributed by atoms with Crippen LogP contribution >= 0.6 is 12.2 Å². The number of rotatable bonds is 9. The number of nitrogens with zero attached hydrogens (tertiary/aromatic N) is 1. The van der Waals surface area contributed by atoms with E-state index < -0.39 is 0 Å². The summed E-state index contributed by atoms with van der Waals surface area (Å²) in [6, 6.07) is 18.0. The van der Waals surface area contributed by atoms with Crippen LogP contribution in [-0.2, 0) is 6.54 Å². The van der Waals surface area contributed by atoms with Gasteiger partial charge in [0.15, 0.2) is 5.11 Å². The molecule has 0 heterocycles. The number of ether oxygens (including phenoxy) is 1. The summed E-state index contributed by atoms with van der Waals surface area (Å²) < 4.78 is 5.83. The molecule has 2 N–H and O–H groups in total. The fraction of sp³-hybridized carbons (Fsp3) is 0.300. The van der Waals surface area contributed by atoms with E-state index in [2.05, 4.69) is 22.8 Å². The number of hydrogen-bond donors (Lipinski definition) is 2. The standard InChI is InChI=1S/C20H25N3OS/c1-2-3-9-14-24-19-13-8-7-12-18(19)16-22-23-20(25)21-15-17-10-5-4-6-11-17/h4-8,10-13,16H,2-3,9,14-15H2,1H3,(H2,21,23,25)/b22-16+. The van der Waals surface area contributed by atoms with Crippen LogP contribution in [0.1, 0.15) is 37.3 Å². The third kappa shape index (κ3) is 7.35. The first-order chi connectivity index (χ1) is 12.3. The van der Waals surface area contributed by atoms with Crippen LogP contribution in [0.25, 0.3) is 0 Å². The predicted molar refractivity (Wildman–Crippen MR) is 108 cm³/mol. The molecule has 0 bridgehead atoms. The molecule has 0 aromatic heterocycles. The Balaban J connectivity index is 1.79. The number of para-hydroxylation sites is 1. The summed E-state index contributed by atoms with van der Waals surface area (Å²) in [5.74, 6) is 0.840. The molecule has 0 saturated heterocycles. The van der Waals surface area contributed by atoms with E-state index in [-0.39, 0.29) is 0 Å². The van der Waals surface area contributed by atoms with Gasteiger partial charge in [-0.1, -0.05) is 62.2 Å². The molecule has 132 valence electrons. The Kier molecular flexibility index (Phi) is 8.49. The maximum absolute atomic E-state index is 5.83. The molecule has 2 aromatic carbocycles. The zero-order valence-electron chi connectivity index (χ0n) is 14.6. The minimum Gasteiger partial charge on any atom is -0.493 e. The smallest absolute Gasteiger partial charge is 0.187 e. The van der Waals surface area contributed by atoms with Gasteiger partial charge in [-0.3, -0.25) is 5.43 Å². The number of benzene rings is 2. The first kappa shape index (κ1) is 18.9. The first-order valence-corrected chi connectivity index (χ1v) is 9.03. The van der Waals surface area contributed by atoms with Crippen LogP contribution in [-0.4, -0.2) is 17.9 Å². The van der Waals surface area contributed by atoms with Crippen LogP contribution in [0.15, 0.2) is 59.7 Å². The van der Waals surface area contributed by atoms with Gasteiger partial charge in [0.1, 0.15) is 5.75 Å². The van der Waals surface area contributed by atoms with E-state index in [1.54, 1.807) is 6.21 Å². The van der Waals surface area contributed by atoms with Crippen LogP contribution in [0, 0.1) is 0 Å². The highest BCUT2D eigenvalue weighted by Crippen LogP contribution is 2.16. The van der Waals surface area contributed by atoms with Gasteiger partial charge in [-0.05, 0) is 36.3 Å². The lowest BCUT2D eigenvalue weighted by molar-refractivity contribution is 0.306. The Bertz CT molecular complexity index is 674. The Morgan fingerprint density at radius 1 is 1.08 bits per heavy atom. The first-order valence-electron chi connectivity index (χ1n) is 8.62.